The van der Waals surface area contributed by atoms with E-state index in [-0.39, 0.29) is 33.7 Å². The van der Waals surface area contributed by atoms with Crippen LogP contribution in [-0.4, -0.2) is 54.9 Å². The molecule has 0 N–H and O–H groups in total. The molecule has 0 aliphatic carbocycles. The Bertz CT molecular complexity index is 883. The number of methoxy groups -OCH3 is 1. The first-order valence-electron chi connectivity index (χ1n) is 8.28. The van der Waals surface area contributed by atoms with Gasteiger partial charge in [0.1, 0.15) is 11.4 Å². The monoisotopic (exact) mass is 410 g/mol. The van der Waals surface area contributed by atoms with Crippen LogP contribution in [0.4, 0.5) is 4.39 Å². The third-order valence-corrected chi connectivity index (χ3v) is 5.02. The molecule has 0 unspecified atom stereocenters. The summed E-state index contributed by atoms with van der Waals surface area (Å²) >= 11 is 12.3. The quantitative estimate of drug-likeness (QED) is 0.774. The molecular weight excluding hydrogens is 394 g/mol. The molecular formula is C19H17Cl2FN2O3. The maximum Gasteiger partial charge on any atom is 0.259 e. The molecule has 0 radical (unpaired) electrons. The van der Waals surface area contributed by atoms with Crippen molar-refractivity contribution in [1.82, 2.24) is 9.80 Å². The Morgan fingerprint density at radius 2 is 1.56 bits per heavy atom. The van der Waals surface area contributed by atoms with E-state index in [1.165, 1.54) is 25.3 Å². The highest BCUT2D eigenvalue weighted by Gasteiger charge is 2.29. The van der Waals surface area contributed by atoms with Gasteiger partial charge in [-0.05, 0) is 30.3 Å². The second-order valence-corrected chi connectivity index (χ2v) is 6.85. The molecule has 8 heteroatoms. The Morgan fingerprint density at radius 1 is 0.963 bits per heavy atom. The SMILES string of the molecule is COc1c(Cl)ccc(Cl)c1C(=O)N1CCN(C(=O)c2cccc(F)c2)CC1. The van der Waals surface area contributed by atoms with Crippen LogP contribution in [0.2, 0.25) is 10.0 Å². The molecule has 1 aliphatic heterocycles. The topological polar surface area (TPSA) is 49.9 Å². The maximum absolute atomic E-state index is 13.3. The molecule has 0 atom stereocenters. The van der Waals surface area contributed by atoms with Gasteiger partial charge in [0, 0.05) is 31.7 Å². The number of benzene rings is 2. The number of amides is 2. The molecule has 2 aromatic rings. The summed E-state index contributed by atoms with van der Waals surface area (Å²) in [6.45, 7) is 1.32. The highest BCUT2D eigenvalue weighted by atomic mass is 35.5. The van der Waals surface area contributed by atoms with E-state index in [1.807, 2.05) is 0 Å². The summed E-state index contributed by atoms with van der Waals surface area (Å²) in [4.78, 5) is 28.6. The average Bonchev–Trinajstić information content (AvgIpc) is 2.68. The van der Waals surface area contributed by atoms with Crippen LogP contribution >= 0.6 is 23.2 Å². The molecule has 27 heavy (non-hydrogen) atoms. The van der Waals surface area contributed by atoms with Crippen molar-refractivity contribution in [3.05, 3.63) is 63.4 Å². The minimum Gasteiger partial charge on any atom is -0.494 e. The van der Waals surface area contributed by atoms with Crippen molar-refractivity contribution in [2.75, 3.05) is 33.3 Å². The van der Waals surface area contributed by atoms with Gasteiger partial charge in [-0.2, -0.15) is 0 Å². The van der Waals surface area contributed by atoms with Crippen LogP contribution in [0.3, 0.4) is 0 Å². The standard InChI is InChI=1S/C19H17Cl2FN2O3/c1-27-17-15(21)6-5-14(20)16(17)19(26)24-9-7-23(8-10-24)18(25)12-3-2-4-13(22)11-12/h2-6,11H,7-10H2,1H3. The number of nitrogens with zero attached hydrogens (tertiary/aromatic N) is 2. The zero-order valence-corrected chi connectivity index (χ0v) is 16.1. The largest absolute Gasteiger partial charge is 0.494 e. The fourth-order valence-corrected chi connectivity index (χ4v) is 3.47. The molecule has 3 rings (SSSR count). The summed E-state index contributed by atoms with van der Waals surface area (Å²) in [6.07, 6.45) is 0. The number of ether oxygens (including phenoxy) is 1. The van der Waals surface area contributed by atoms with Gasteiger partial charge >= 0.3 is 0 Å². The Balaban J connectivity index is 1.72. The summed E-state index contributed by atoms with van der Waals surface area (Å²) in [6, 6.07) is 8.67. The molecule has 0 spiro atoms. The van der Waals surface area contributed by atoms with Gasteiger partial charge in [-0.1, -0.05) is 29.3 Å². The summed E-state index contributed by atoms with van der Waals surface area (Å²) in [5.41, 5.74) is 0.492. The van der Waals surface area contributed by atoms with Crippen molar-refractivity contribution in [2.24, 2.45) is 0 Å². The minimum atomic E-state index is -0.461. The number of rotatable bonds is 3. The van der Waals surface area contributed by atoms with Crippen LogP contribution < -0.4 is 4.74 Å². The van der Waals surface area contributed by atoms with E-state index in [2.05, 4.69) is 0 Å². The fourth-order valence-electron chi connectivity index (χ4n) is 3.01. The summed E-state index contributed by atoms with van der Waals surface area (Å²) < 4.78 is 18.6. The van der Waals surface area contributed by atoms with Crippen LogP contribution in [0.15, 0.2) is 36.4 Å². The molecule has 0 saturated carbocycles. The number of carbonyl (C=O) groups is 2. The van der Waals surface area contributed by atoms with E-state index < -0.39 is 5.82 Å². The third kappa shape index (κ3) is 4.01. The van der Waals surface area contributed by atoms with Crippen LogP contribution in [0.1, 0.15) is 20.7 Å². The maximum atomic E-state index is 13.3. The van der Waals surface area contributed by atoms with Gasteiger partial charge in [-0.25, -0.2) is 4.39 Å². The van der Waals surface area contributed by atoms with Crippen molar-refractivity contribution in [1.29, 1.82) is 0 Å². The van der Waals surface area contributed by atoms with Crippen molar-refractivity contribution >= 4 is 35.0 Å². The first kappa shape index (κ1) is 19.5. The molecule has 142 valence electrons. The zero-order valence-electron chi connectivity index (χ0n) is 14.5. The molecule has 5 nitrogen and oxygen atoms in total. The lowest BCUT2D eigenvalue weighted by Crippen LogP contribution is -2.50. The second kappa shape index (κ2) is 8.15. The van der Waals surface area contributed by atoms with Gasteiger partial charge in [-0.15, -0.1) is 0 Å². The first-order valence-corrected chi connectivity index (χ1v) is 9.04. The van der Waals surface area contributed by atoms with Crippen molar-refractivity contribution in [3.63, 3.8) is 0 Å². The predicted octanol–water partition coefficient (Wildman–Crippen LogP) is 3.74. The Morgan fingerprint density at radius 3 is 2.15 bits per heavy atom. The smallest absolute Gasteiger partial charge is 0.259 e. The van der Waals surface area contributed by atoms with Crippen molar-refractivity contribution in [2.45, 2.75) is 0 Å². The number of hydrogen-bond donors (Lipinski definition) is 0. The predicted molar refractivity (Wildman–Crippen MR) is 101 cm³/mol. The summed E-state index contributed by atoms with van der Waals surface area (Å²) in [7, 11) is 1.42. The lowest BCUT2D eigenvalue weighted by Gasteiger charge is -2.35. The lowest BCUT2D eigenvalue weighted by atomic mass is 10.1. The molecule has 0 aromatic heterocycles. The van der Waals surface area contributed by atoms with E-state index in [0.717, 1.165) is 0 Å². The summed E-state index contributed by atoms with van der Waals surface area (Å²) in [5, 5.41) is 0.546. The zero-order chi connectivity index (χ0) is 19.6. The van der Waals surface area contributed by atoms with E-state index >= 15 is 0 Å². The molecule has 2 aromatic carbocycles. The van der Waals surface area contributed by atoms with Crippen LogP contribution in [-0.2, 0) is 0 Å². The molecule has 1 aliphatic rings. The molecule has 1 heterocycles. The molecule has 0 bridgehead atoms. The fraction of sp³-hybridized carbons (Fsp3) is 0.263. The normalized spacial score (nSPS) is 14.2. The van der Waals surface area contributed by atoms with Gasteiger partial charge in [0.25, 0.3) is 11.8 Å². The molecule has 1 saturated heterocycles. The second-order valence-electron chi connectivity index (χ2n) is 6.03. The lowest BCUT2D eigenvalue weighted by molar-refractivity contribution is 0.0533. The van der Waals surface area contributed by atoms with Crippen LogP contribution in [0.5, 0.6) is 5.75 Å². The minimum absolute atomic E-state index is 0.205. The highest BCUT2D eigenvalue weighted by Crippen LogP contribution is 2.34. The Labute approximate surface area is 166 Å². The van der Waals surface area contributed by atoms with Crippen molar-refractivity contribution < 1.29 is 18.7 Å². The Kier molecular flexibility index (Phi) is 5.87. The molecule has 1 fully saturated rings. The van der Waals surface area contributed by atoms with Gasteiger partial charge < -0.3 is 14.5 Å². The highest BCUT2D eigenvalue weighted by molar-refractivity contribution is 6.37. The van der Waals surface area contributed by atoms with Gasteiger partial charge in [0.15, 0.2) is 5.75 Å². The van der Waals surface area contributed by atoms with Gasteiger partial charge in [0.2, 0.25) is 0 Å². The van der Waals surface area contributed by atoms with Crippen LogP contribution in [0.25, 0.3) is 0 Å². The van der Waals surface area contributed by atoms with Crippen molar-refractivity contribution in [3.8, 4) is 5.75 Å². The Hall–Kier alpha value is -2.31. The number of halogens is 3. The van der Waals surface area contributed by atoms with Crippen LogP contribution in [0, 0.1) is 5.82 Å². The third-order valence-electron chi connectivity index (χ3n) is 4.40. The number of hydrogen-bond acceptors (Lipinski definition) is 3. The van der Waals surface area contributed by atoms with E-state index in [4.69, 9.17) is 27.9 Å². The van der Waals surface area contributed by atoms with E-state index in [0.29, 0.717) is 31.2 Å². The number of carbonyl (C=O) groups excluding carboxylic acids is 2. The average molecular weight is 411 g/mol. The summed E-state index contributed by atoms with van der Waals surface area (Å²) in [5.74, 6) is -0.804. The first-order chi connectivity index (χ1) is 12.9. The number of piperazine rings is 1. The van der Waals surface area contributed by atoms with E-state index in [1.54, 1.807) is 28.0 Å². The van der Waals surface area contributed by atoms with Gasteiger partial charge in [-0.3, -0.25) is 9.59 Å². The van der Waals surface area contributed by atoms with E-state index in [9.17, 15) is 14.0 Å². The molecule has 2 amide bonds. The van der Waals surface area contributed by atoms with Gasteiger partial charge in [0.05, 0.1) is 17.2 Å².